The molecule has 134 valence electrons. The van der Waals surface area contributed by atoms with Crippen molar-refractivity contribution in [1.82, 2.24) is 9.78 Å². The molecule has 5 rings (SSSR count). The van der Waals surface area contributed by atoms with Crippen molar-refractivity contribution in [2.75, 3.05) is 12.4 Å². The van der Waals surface area contributed by atoms with Crippen LogP contribution in [0.4, 0.5) is 5.69 Å². The Balaban J connectivity index is 1.80. The van der Waals surface area contributed by atoms with Gasteiger partial charge < -0.3 is 10.1 Å². The van der Waals surface area contributed by atoms with Crippen LogP contribution in [0, 0.1) is 13.8 Å². The van der Waals surface area contributed by atoms with E-state index in [0.717, 1.165) is 28.4 Å². The Morgan fingerprint density at radius 2 is 1.85 bits per heavy atom. The molecule has 1 N–H and O–H groups in total. The van der Waals surface area contributed by atoms with Gasteiger partial charge in [-0.15, -0.1) is 0 Å². The first-order valence-electron chi connectivity index (χ1n) is 9.15. The van der Waals surface area contributed by atoms with Gasteiger partial charge in [0, 0.05) is 16.8 Å². The zero-order valence-electron chi connectivity index (χ0n) is 15.7. The number of ether oxygens (including phenoxy) is 1. The Morgan fingerprint density at radius 1 is 1.00 bits per heavy atom. The van der Waals surface area contributed by atoms with Crippen molar-refractivity contribution in [2.24, 2.45) is 0 Å². The molecule has 1 aliphatic rings. The van der Waals surface area contributed by atoms with Gasteiger partial charge >= 0.3 is 0 Å². The molecule has 0 saturated carbocycles. The number of rotatable bonds is 2. The standard InChI is InChI=1S/C23H21N3O/c1-14-8-10-19-18(12-14)20-13-15(2)25-26(20)23(24-19)22-17-7-5-4-6-16(17)9-11-21(22)27-3/h4-13,23-24H,1-3H3. The van der Waals surface area contributed by atoms with Gasteiger partial charge in [-0.3, -0.25) is 0 Å². The van der Waals surface area contributed by atoms with E-state index in [-0.39, 0.29) is 6.17 Å². The molecule has 4 heteroatoms. The maximum Gasteiger partial charge on any atom is 0.151 e. The minimum atomic E-state index is -0.134. The van der Waals surface area contributed by atoms with Crippen molar-refractivity contribution in [2.45, 2.75) is 20.0 Å². The molecule has 0 aliphatic carbocycles. The molecule has 0 fully saturated rings. The number of anilines is 1. The van der Waals surface area contributed by atoms with E-state index in [4.69, 9.17) is 9.84 Å². The van der Waals surface area contributed by atoms with E-state index < -0.39 is 0 Å². The Labute approximate surface area is 158 Å². The van der Waals surface area contributed by atoms with Crippen LogP contribution in [-0.2, 0) is 0 Å². The second-order valence-corrected chi connectivity index (χ2v) is 7.11. The summed E-state index contributed by atoms with van der Waals surface area (Å²) in [5, 5.41) is 10.9. The van der Waals surface area contributed by atoms with Gasteiger partial charge in [0.1, 0.15) is 5.75 Å². The van der Waals surface area contributed by atoms with Crippen molar-refractivity contribution in [1.29, 1.82) is 0 Å². The van der Waals surface area contributed by atoms with Gasteiger partial charge in [0.05, 0.1) is 18.5 Å². The summed E-state index contributed by atoms with van der Waals surface area (Å²) in [6, 6.07) is 21.2. The van der Waals surface area contributed by atoms with E-state index in [2.05, 4.69) is 71.5 Å². The molecule has 0 bridgehead atoms. The van der Waals surface area contributed by atoms with Gasteiger partial charge in [-0.25, -0.2) is 4.68 Å². The number of hydrogen-bond donors (Lipinski definition) is 1. The SMILES string of the molecule is COc1ccc2ccccc2c1C1Nc2ccc(C)cc2-c2cc(C)nn21. The molecule has 4 aromatic rings. The zero-order valence-corrected chi connectivity index (χ0v) is 15.7. The minimum absolute atomic E-state index is 0.134. The zero-order chi connectivity index (χ0) is 18.5. The first-order valence-corrected chi connectivity index (χ1v) is 9.15. The molecule has 0 saturated heterocycles. The van der Waals surface area contributed by atoms with E-state index in [1.54, 1.807) is 7.11 Å². The van der Waals surface area contributed by atoms with Crippen LogP contribution in [0.2, 0.25) is 0 Å². The fourth-order valence-corrected chi connectivity index (χ4v) is 4.05. The molecule has 1 atom stereocenters. The predicted molar refractivity (Wildman–Crippen MR) is 109 cm³/mol. The van der Waals surface area contributed by atoms with Crippen molar-refractivity contribution in [3.8, 4) is 17.0 Å². The molecule has 2 heterocycles. The normalized spacial score (nSPS) is 15.1. The second-order valence-electron chi connectivity index (χ2n) is 7.11. The monoisotopic (exact) mass is 355 g/mol. The molecule has 0 radical (unpaired) electrons. The number of aromatic nitrogens is 2. The first-order chi connectivity index (χ1) is 13.2. The maximum absolute atomic E-state index is 5.75. The molecule has 1 unspecified atom stereocenters. The van der Waals surface area contributed by atoms with Crippen LogP contribution in [0.15, 0.2) is 60.7 Å². The van der Waals surface area contributed by atoms with Gasteiger partial charge in [0.15, 0.2) is 6.17 Å². The summed E-state index contributed by atoms with van der Waals surface area (Å²) in [5.41, 5.74) is 6.78. The Morgan fingerprint density at radius 3 is 2.70 bits per heavy atom. The van der Waals surface area contributed by atoms with Crippen LogP contribution in [0.25, 0.3) is 22.0 Å². The Bertz CT molecular complexity index is 1180. The van der Waals surface area contributed by atoms with Crippen LogP contribution in [-0.4, -0.2) is 16.9 Å². The summed E-state index contributed by atoms with van der Waals surface area (Å²) in [6.45, 7) is 4.16. The highest BCUT2D eigenvalue weighted by Gasteiger charge is 2.29. The van der Waals surface area contributed by atoms with Gasteiger partial charge in [0.2, 0.25) is 0 Å². The highest BCUT2D eigenvalue weighted by molar-refractivity contribution is 5.90. The van der Waals surface area contributed by atoms with Gasteiger partial charge in [0.25, 0.3) is 0 Å². The minimum Gasteiger partial charge on any atom is -0.496 e. The van der Waals surface area contributed by atoms with E-state index in [0.29, 0.717) is 0 Å². The third-order valence-corrected chi connectivity index (χ3v) is 5.27. The number of benzene rings is 3. The average Bonchev–Trinajstić information content (AvgIpc) is 3.08. The molecular weight excluding hydrogens is 334 g/mol. The van der Waals surface area contributed by atoms with E-state index in [1.165, 1.54) is 21.9 Å². The van der Waals surface area contributed by atoms with Crippen LogP contribution in [0.1, 0.15) is 23.0 Å². The first kappa shape index (κ1) is 15.9. The lowest BCUT2D eigenvalue weighted by molar-refractivity contribution is 0.403. The average molecular weight is 355 g/mol. The quantitative estimate of drug-likeness (QED) is 0.530. The highest BCUT2D eigenvalue weighted by atomic mass is 16.5. The largest absolute Gasteiger partial charge is 0.496 e. The summed E-state index contributed by atoms with van der Waals surface area (Å²) < 4.78 is 7.84. The second kappa shape index (κ2) is 5.88. The van der Waals surface area contributed by atoms with Crippen LogP contribution in [0.3, 0.4) is 0 Å². The van der Waals surface area contributed by atoms with E-state index in [9.17, 15) is 0 Å². The number of fused-ring (bicyclic) bond motifs is 4. The summed E-state index contributed by atoms with van der Waals surface area (Å²) in [5.74, 6) is 0.862. The van der Waals surface area contributed by atoms with Crippen LogP contribution < -0.4 is 10.1 Å². The van der Waals surface area contributed by atoms with Gasteiger partial charge in [-0.05, 0) is 48.9 Å². The smallest absolute Gasteiger partial charge is 0.151 e. The predicted octanol–water partition coefficient (Wildman–Crippen LogP) is 5.30. The van der Waals surface area contributed by atoms with Crippen molar-refractivity contribution in [3.63, 3.8) is 0 Å². The fourth-order valence-electron chi connectivity index (χ4n) is 4.05. The lowest BCUT2D eigenvalue weighted by atomic mass is 9.97. The number of hydrogen-bond acceptors (Lipinski definition) is 3. The summed E-state index contributed by atoms with van der Waals surface area (Å²) in [4.78, 5) is 0. The van der Waals surface area contributed by atoms with E-state index in [1.807, 2.05) is 13.0 Å². The lowest BCUT2D eigenvalue weighted by Crippen LogP contribution is -2.26. The van der Waals surface area contributed by atoms with Crippen molar-refractivity contribution >= 4 is 16.5 Å². The maximum atomic E-state index is 5.75. The molecule has 27 heavy (non-hydrogen) atoms. The van der Waals surface area contributed by atoms with Crippen molar-refractivity contribution in [3.05, 3.63) is 77.5 Å². The summed E-state index contributed by atoms with van der Waals surface area (Å²) >= 11 is 0. The summed E-state index contributed by atoms with van der Waals surface area (Å²) in [6.07, 6.45) is -0.134. The molecule has 4 nitrogen and oxygen atoms in total. The van der Waals surface area contributed by atoms with Gasteiger partial charge in [-0.1, -0.05) is 42.0 Å². The van der Waals surface area contributed by atoms with Crippen LogP contribution in [0.5, 0.6) is 5.75 Å². The highest BCUT2D eigenvalue weighted by Crippen LogP contribution is 2.43. The number of aryl methyl sites for hydroxylation is 2. The Kier molecular flexibility index (Phi) is 3.47. The third-order valence-electron chi connectivity index (χ3n) is 5.27. The fraction of sp³-hybridized carbons (Fsp3) is 0.174. The number of nitrogens with zero attached hydrogens (tertiary/aromatic N) is 2. The summed E-state index contributed by atoms with van der Waals surface area (Å²) in [7, 11) is 1.73. The molecular formula is C23H21N3O. The van der Waals surface area contributed by atoms with Crippen molar-refractivity contribution < 1.29 is 4.74 Å². The molecule has 1 aliphatic heterocycles. The van der Waals surface area contributed by atoms with Gasteiger partial charge in [-0.2, -0.15) is 5.10 Å². The third kappa shape index (κ3) is 2.40. The lowest BCUT2D eigenvalue weighted by Gasteiger charge is -2.31. The molecule has 3 aromatic carbocycles. The molecule has 0 spiro atoms. The number of nitrogens with one attached hydrogen (secondary N) is 1. The molecule has 0 amide bonds. The number of methoxy groups -OCH3 is 1. The van der Waals surface area contributed by atoms with Crippen LogP contribution >= 0.6 is 0 Å². The molecule has 1 aromatic heterocycles. The topological polar surface area (TPSA) is 39.1 Å². The Hall–Kier alpha value is -3.27. The van der Waals surface area contributed by atoms with E-state index >= 15 is 0 Å².